The highest BCUT2D eigenvalue weighted by molar-refractivity contribution is 5.91. The van der Waals surface area contributed by atoms with Crippen molar-refractivity contribution in [2.45, 2.75) is 37.8 Å². The van der Waals surface area contributed by atoms with Gasteiger partial charge in [0.05, 0.1) is 13.4 Å². The molecule has 142 valence electrons. The molecule has 2 saturated heterocycles. The van der Waals surface area contributed by atoms with Gasteiger partial charge in [-0.05, 0) is 67.0 Å². The molecular formula is C22H26N2O3. The van der Waals surface area contributed by atoms with Crippen LogP contribution in [0.2, 0.25) is 0 Å². The van der Waals surface area contributed by atoms with Crippen molar-refractivity contribution < 1.29 is 13.9 Å². The monoisotopic (exact) mass is 366 g/mol. The molecule has 4 heterocycles. The van der Waals surface area contributed by atoms with Crippen LogP contribution in [0, 0.1) is 5.92 Å². The molecule has 0 aliphatic carbocycles. The van der Waals surface area contributed by atoms with Gasteiger partial charge in [0, 0.05) is 31.7 Å². The van der Waals surface area contributed by atoms with Crippen LogP contribution in [0.1, 0.15) is 47.0 Å². The number of methoxy groups -OCH3 is 1. The van der Waals surface area contributed by atoms with Crippen molar-refractivity contribution in [3.05, 3.63) is 53.5 Å². The molecule has 5 heteroatoms. The molecule has 3 aliphatic heterocycles. The second-order valence-electron chi connectivity index (χ2n) is 8.01. The van der Waals surface area contributed by atoms with Crippen LogP contribution < -0.4 is 4.74 Å². The first-order valence-electron chi connectivity index (χ1n) is 10.00. The lowest BCUT2D eigenvalue weighted by Crippen LogP contribution is -2.57. The summed E-state index contributed by atoms with van der Waals surface area (Å²) in [5.41, 5.74) is 2.81. The van der Waals surface area contributed by atoms with Crippen molar-refractivity contribution in [3.63, 3.8) is 0 Å². The first kappa shape index (κ1) is 16.9. The third kappa shape index (κ3) is 2.85. The van der Waals surface area contributed by atoms with Crippen LogP contribution >= 0.6 is 0 Å². The molecule has 5 rings (SSSR count). The third-order valence-electron chi connectivity index (χ3n) is 6.66. The smallest absolute Gasteiger partial charge is 0.289 e. The van der Waals surface area contributed by atoms with Gasteiger partial charge in [0.15, 0.2) is 5.76 Å². The zero-order valence-electron chi connectivity index (χ0n) is 15.8. The van der Waals surface area contributed by atoms with E-state index in [4.69, 9.17) is 9.15 Å². The fourth-order valence-electron chi connectivity index (χ4n) is 5.35. The minimum Gasteiger partial charge on any atom is -0.497 e. The number of likely N-dealkylation sites (tertiary alicyclic amines) is 1. The van der Waals surface area contributed by atoms with Gasteiger partial charge in [-0.25, -0.2) is 0 Å². The summed E-state index contributed by atoms with van der Waals surface area (Å²) in [6.45, 7) is 3.02. The Hall–Kier alpha value is -2.27. The average Bonchev–Trinajstić information content (AvgIpc) is 3.25. The summed E-state index contributed by atoms with van der Waals surface area (Å²) >= 11 is 0. The third-order valence-corrected chi connectivity index (χ3v) is 6.66. The van der Waals surface area contributed by atoms with Gasteiger partial charge < -0.3 is 14.1 Å². The Morgan fingerprint density at radius 2 is 2.19 bits per heavy atom. The van der Waals surface area contributed by atoms with E-state index >= 15 is 0 Å². The number of carbonyl (C=O) groups excluding carboxylic acids is 1. The molecule has 5 nitrogen and oxygen atoms in total. The molecular weight excluding hydrogens is 340 g/mol. The quantitative estimate of drug-likeness (QED) is 0.816. The van der Waals surface area contributed by atoms with E-state index in [0.29, 0.717) is 23.8 Å². The topological polar surface area (TPSA) is 45.9 Å². The van der Waals surface area contributed by atoms with Crippen molar-refractivity contribution in [2.24, 2.45) is 5.92 Å². The molecule has 0 radical (unpaired) electrons. The first-order chi connectivity index (χ1) is 13.2. The standard InChI is InChI=1S/C22H26N2O3/c1-26-17-6-7-18-15(12-17)8-10-23-14-16-4-2-9-24(19(16)13-20(18)23)22(25)21-5-3-11-27-21/h3,5-7,11-12,16,19-20H,2,4,8-10,13-14H2,1H3/t16-,19+,20+/m1/s1. The molecule has 27 heavy (non-hydrogen) atoms. The van der Waals surface area contributed by atoms with Gasteiger partial charge in [0.1, 0.15) is 5.75 Å². The summed E-state index contributed by atoms with van der Waals surface area (Å²) in [5, 5.41) is 0. The fourth-order valence-corrected chi connectivity index (χ4v) is 5.35. The Morgan fingerprint density at radius 1 is 1.26 bits per heavy atom. The van der Waals surface area contributed by atoms with Gasteiger partial charge in [-0.2, -0.15) is 0 Å². The van der Waals surface area contributed by atoms with E-state index in [1.165, 1.54) is 17.5 Å². The zero-order chi connectivity index (χ0) is 18.4. The second-order valence-corrected chi connectivity index (χ2v) is 8.01. The molecule has 0 bridgehead atoms. The van der Waals surface area contributed by atoms with Crippen LogP contribution in [0.5, 0.6) is 5.75 Å². The van der Waals surface area contributed by atoms with E-state index < -0.39 is 0 Å². The number of nitrogens with zero attached hydrogens (tertiary/aromatic N) is 2. The van der Waals surface area contributed by atoms with Gasteiger partial charge in [0.2, 0.25) is 0 Å². The minimum absolute atomic E-state index is 0.0499. The zero-order valence-corrected chi connectivity index (χ0v) is 15.8. The molecule has 0 spiro atoms. The largest absolute Gasteiger partial charge is 0.497 e. The lowest BCUT2D eigenvalue weighted by molar-refractivity contribution is -0.00716. The van der Waals surface area contributed by atoms with Gasteiger partial charge >= 0.3 is 0 Å². The van der Waals surface area contributed by atoms with Crippen molar-refractivity contribution >= 4 is 5.91 Å². The van der Waals surface area contributed by atoms with Gasteiger partial charge in [0.25, 0.3) is 5.91 Å². The maximum atomic E-state index is 13.0. The van der Waals surface area contributed by atoms with Crippen molar-refractivity contribution in [3.8, 4) is 5.75 Å². The van der Waals surface area contributed by atoms with Crippen LogP contribution in [0.25, 0.3) is 0 Å². The van der Waals surface area contributed by atoms with Crippen LogP contribution in [-0.4, -0.2) is 48.5 Å². The lowest BCUT2D eigenvalue weighted by atomic mass is 9.76. The van der Waals surface area contributed by atoms with Crippen LogP contribution in [0.15, 0.2) is 41.0 Å². The molecule has 2 fully saturated rings. The Bertz CT molecular complexity index is 832. The minimum atomic E-state index is 0.0499. The number of benzene rings is 1. The van der Waals surface area contributed by atoms with Gasteiger partial charge in [-0.1, -0.05) is 6.07 Å². The highest BCUT2D eigenvalue weighted by atomic mass is 16.5. The summed E-state index contributed by atoms with van der Waals surface area (Å²) < 4.78 is 10.8. The number of rotatable bonds is 2. The molecule has 0 unspecified atom stereocenters. The normalized spacial score (nSPS) is 27.4. The summed E-state index contributed by atoms with van der Waals surface area (Å²) in [5.74, 6) is 2.01. The van der Waals surface area contributed by atoms with Gasteiger partial charge in [-0.15, -0.1) is 0 Å². The highest BCUT2D eigenvalue weighted by Crippen LogP contribution is 2.43. The number of piperidine rings is 2. The van der Waals surface area contributed by atoms with E-state index in [1.807, 2.05) is 0 Å². The molecule has 1 amide bonds. The molecule has 0 saturated carbocycles. The average molecular weight is 366 g/mol. The highest BCUT2D eigenvalue weighted by Gasteiger charge is 2.44. The maximum absolute atomic E-state index is 13.0. The number of ether oxygens (including phenoxy) is 1. The lowest BCUT2D eigenvalue weighted by Gasteiger charge is -2.52. The van der Waals surface area contributed by atoms with E-state index in [1.54, 1.807) is 25.5 Å². The Kier molecular flexibility index (Phi) is 4.20. The summed E-state index contributed by atoms with van der Waals surface area (Å²) in [6, 6.07) is 10.8. The molecule has 2 aromatic rings. The van der Waals surface area contributed by atoms with Crippen molar-refractivity contribution in [1.82, 2.24) is 9.80 Å². The van der Waals surface area contributed by atoms with Crippen LogP contribution in [-0.2, 0) is 6.42 Å². The molecule has 0 N–H and O–H groups in total. The molecule has 1 aromatic heterocycles. The number of furan rings is 1. The van der Waals surface area contributed by atoms with Gasteiger partial charge in [-0.3, -0.25) is 9.69 Å². The first-order valence-corrected chi connectivity index (χ1v) is 10.00. The second kappa shape index (κ2) is 6.71. The Morgan fingerprint density at radius 3 is 3.00 bits per heavy atom. The number of fused-ring (bicyclic) bond motifs is 4. The fraction of sp³-hybridized carbons (Fsp3) is 0.500. The van der Waals surface area contributed by atoms with E-state index in [-0.39, 0.29) is 5.91 Å². The summed E-state index contributed by atoms with van der Waals surface area (Å²) in [7, 11) is 1.72. The summed E-state index contributed by atoms with van der Waals surface area (Å²) in [4.78, 5) is 17.7. The Balaban J connectivity index is 1.44. The predicted molar refractivity (Wildman–Crippen MR) is 102 cm³/mol. The van der Waals surface area contributed by atoms with Crippen molar-refractivity contribution in [1.29, 1.82) is 0 Å². The van der Waals surface area contributed by atoms with E-state index in [0.717, 1.165) is 44.6 Å². The van der Waals surface area contributed by atoms with Crippen LogP contribution in [0.4, 0.5) is 0 Å². The number of amides is 1. The molecule has 3 aliphatic rings. The number of hydrogen-bond acceptors (Lipinski definition) is 4. The Labute approximate surface area is 159 Å². The molecule has 3 atom stereocenters. The van der Waals surface area contributed by atoms with E-state index in [2.05, 4.69) is 28.0 Å². The van der Waals surface area contributed by atoms with Crippen molar-refractivity contribution in [2.75, 3.05) is 26.7 Å². The SMILES string of the molecule is COc1ccc2c(c1)CCN1C[C@H]3CCCN(C(=O)c4ccco4)[C@H]3C[C@@H]21. The predicted octanol–water partition coefficient (Wildman–Crippen LogP) is 3.51. The number of hydrogen-bond donors (Lipinski definition) is 0. The number of carbonyl (C=O) groups is 1. The van der Waals surface area contributed by atoms with E-state index in [9.17, 15) is 4.79 Å². The maximum Gasteiger partial charge on any atom is 0.289 e. The summed E-state index contributed by atoms with van der Waals surface area (Å²) in [6.07, 6.45) is 5.97. The van der Waals surface area contributed by atoms with Crippen LogP contribution in [0.3, 0.4) is 0 Å². The molecule has 1 aromatic carbocycles.